The smallest absolute Gasteiger partial charge is 0.321 e. The lowest BCUT2D eigenvalue weighted by Gasteiger charge is -2.11. The molecule has 0 aromatic heterocycles. The highest BCUT2D eigenvalue weighted by Gasteiger charge is 2.31. The first-order valence-corrected chi connectivity index (χ1v) is 6.11. The summed E-state index contributed by atoms with van der Waals surface area (Å²) in [4.78, 5) is 20.8. The number of nitrogens with zero attached hydrogens (tertiary/aromatic N) is 1. The fourth-order valence-corrected chi connectivity index (χ4v) is 2.88. The van der Waals surface area contributed by atoms with Crippen molar-refractivity contribution in [3.63, 3.8) is 0 Å². The SMILES string of the molecule is O=C(O)C1CSC(c2ccc(O)c([N+](=O)[O-])c2)N1. The minimum Gasteiger partial charge on any atom is -0.502 e. The average Bonchev–Trinajstić information content (AvgIpc) is 2.78. The van der Waals surface area contributed by atoms with Crippen molar-refractivity contribution in [3.05, 3.63) is 33.9 Å². The van der Waals surface area contributed by atoms with Crippen molar-refractivity contribution in [1.29, 1.82) is 0 Å². The highest BCUT2D eigenvalue weighted by atomic mass is 32.2. The van der Waals surface area contributed by atoms with Crippen LogP contribution in [0.2, 0.25) is 0 Å². The molecule has 0 saturated carbocycles. The van der Waals surface area contributed by atoms with Crippen LogP contribution < -0.4 is 5.32 Å². The number of nitro groups is 1. The maximum absolute atomic E-state index is 10.8. The quantitative estimate of drug-likeness (QED) is 0.556. The topological polar surface area (TPSA) is 113 Å². The second kappa shape index (κ2) is 4.83. The predicted octanol–water partition coefficient (Wildman–Crippen LogP) is 1.09. The van der Waals surface area contributed by atoms with Gasteiger partial charge in [0.25, 0.3) is 0 Å². The van der Waals surface area contributed by atoms with Gasteiger partial charge in [0.15, 0.2) is 5.75 Å². The standard InChI is InChI=1S/C10H10N2O5S/c13-8-2-1-5(3-7(8)12(16)17)9-11-6(4-18-9)10(14)15/h1-3,6,9,11,13H,4H2,(H,14,15). The second-order valence-electron chi connectivity index (χ2n) is 3.78. The molecule has 0 radical (unpaired) electrons. The van der Waals surface area contributed by atoms with E-state index in [4.69, 9.17) is 5.11 Å². The molecular weight excluding hydrogens is 260 g/mol. The molecule has 1 fully saturated rings. The van der Waals surface area contributed by atoms with Crippen molar-refractivity contribution in [2.45, 2.75) is 11.4 Å². The van der Waals surface area contributed by atoms with Gasteiger partial charge in [-0.25, -0.2) is 0 Å². The van der Waals surface area contributed by atoms with Crippen molar-refractivity contribution >= 4 is 23.4 Å². The second-order valence-corrected chi connectivity index (χ2v) is 4.91. The van der Waals surface area contributed by atoms with Crippen molar-refractivity contribution in [3.8, 4) is 5.75 Å². The summed E-state index contributed by atoms with van der Waals surface area (Å²) in [6.07, 6.45) is 0. The Morgan fingerprint density at radius 2 is 2.28 bits per heavy atom. The van der Waals surface area contributed by atoms with E-state index in [1.165, 1.54) is 30.0 Å². The van der Waals surface area contributed by atoms with Crippen LogP contribution in [0.1, 0.15) is 10.9 Å². The van der Waals surface area contributed by atoms with Crippen LogP contribution in [0.4, 0.5) is 5.69 Å². The van der Waals surface area contributed by atoms with Crippen molar-refractivity contribution < 1.29 is 19.9 Å². The van der Waals surface area contributed by atoms with E-state index in [0.29, 0.717) is 11.3 Å². The van der Waals surface area contributed by atoms with Gasteiger partial charge in [-0.1, -0.05) is 6.07 Å². The van der Waals surface area contributed by atoms with Gasteiger partial charge in [0.1, 0.15) is 6.04 Å². The summed E-state index contributed by atoms with van der Waals surface area (Å²) in [6.45, 7) is 0. The largest absolute Gasteiger partial charge is 0.502 e. The molecule has 1 aromatic rings. The van der Waals surface area contributed by atoms with Crippen LogP contribution in [-0.4, -0.2) is 32.9 Å². The minimum absolute atomic E-state index is 0.314. The first kappa shape index (κ1) is 12.7. The fourth-order valence-electron chi connectivity index (χ4n) is 1.66. The number of benzene rings is 1. The Hall–Kier alpha value is -1.80. The zero-order chi connectivity index (χ0) is 13.3. The molecule has 0 bridgehead atoms. The lowest BCUT2D eigenvalue weighted by Crippen LogP contribution is -2.33. The monoisotopic (exact) mass is 270 g/mol. The number of phenols is 1. The molecule has 2 rings (SSSR count). The van der Waals surface area contributed by atoms with Crippen LogP contribution in [0.25, 0.3) is 0 Å². The van der Waals surface area contributed by atoms with Gasteiger partial charge < -0.3 is 10.2 Å². The Labute approximate surface area is 106 Å². The number of aromatic hydroxyl groups is 1. The van der Waals surface area contributed by atoms with Crippen molar-refractivity contribution in [1.82, 2.24) is 5.32 Å². The Morgan fingerprint density at radius 3 is 2.83 bits per heavy atom. The van der Waals surface area contributed by atoms with Crippen LogP contribution in [0, 0.1) is 10.1 Å². The Balaban J connectivity index is 2.22. The summed E-state index contributed by atoms with van der Waals surface area (Å²) in [7, 11) is 0. The van der Waals surface area contributed by atoms with Gasteiger partial charge in [-0.2, -0.15) is 0 Å². The molecular formula is C10H10N2O5S. The summed E-state index contributed by atoms with van der Waals surface area (Å²) in [5, 5.41) is 31.4. The van der Waals surface area contributed by atoms with Crippen LogP contribution in [-0.2, 0) is 4.79 Å². The van der Waals surface area contributed by atoms with E-state index in [-0.39, 0.29) is 11.1 Å². The first-order valence-electron chi connectivity index (χ1n) is 5.07. The lowest BCUT2D eigenvalue weighted by molar-refractivity contribution is -0.385. The van der Waals surface area contributed by atoms with Crippen LogP contribution in [0.3, 0.4) is 0 Å². The van der Waals surface area contributed by atoms with Gasteiger partial charge >= 0.3 is 11.7 Å². The van der Waals surface area contributed by atoms with E-state index >= 15 is 0 Å². The Morgan fingerprint density at radius 1 is 1.56 bits per heavy atom. The molecule has 18 heavy (non-hydrogen) atoms. The molecule has 0 spiro atoms. The molecule has 0 aliphatic carbocycles. The number of carboxylic acid groups (broad SMARTS) is 1. The minimum atomic E-state index is -0.946. The highest BCUT2D eigenvalue weighted by molar-refractivity contribution is 7.99. The molecule has 1 aliphatic heterocycles. The lowest BCUT2D eigenvalue weighted by atomic mass is 10.1. The molecule has 1 heterocycles. The van der Waals surface area contributed by atoms with E-state index in [2.05, 4.69) is 5.32 Å². The molecule has 8 heteroatoms. The molecule has 1 aromatic carbocycles. The number of phenolic OH excluding ortho intramolecular Hbond substituents is 1. The molecule has 96 valence electrons. The summed E-state index contributed by atoms with van der Waals surface area (Å²) < 4.78 is 0. The first-order chi connectivity index (χ1) is 8.49. The van der Waals surface area contributed by atoms with Crippen LogP contribution >= 0.6 is 11.8 Å². The van der Waals surface area contributed by atoms with Gasteiger partial charge in [0, 0.05) is 11.8 Å². The fraction of sp³-hybridized carbons (Fsp3) is 0.300. The van der Waals surface area contributed by atoms with E-state index in [1.54, 1.807) is 0 Å². The van der Waals surface area contributed by atoms with Gasteiger partial charge in [-0.3, -0.25) is 20.2 Å². The van der Waals surface area contributed by atoms with Crippen LogP contribution in [0.5, 0.6) is 5.75 Å². The number of nitro benzene ring substituents is 1. The molecule has 0 amide bonds. The Kier molecular flexibility index (Phi) is 3.39. The van der Waals surface area contributed by atoms with Crippen molar-refractivity contribution in [2.75, 3.05) is 5.75 Å². The number of hydrogen-bond acceptors (Lipinski definition) is 6. The van der Waals surface area contributed by atoms with Gasteiger partial charge in [0.2, 0.25) is 0 Å². The molecule has 1 aliphatic rings. The zero-order valence-electron chi connectivity index (χ0n) is 9.07. The summed E-state index contributed by atoms with van der Waals surface area (Å²) in [5.74, 6) is -0.950. The summed E-state index contributed by atoms with van der Waals surface area (Å²) >= 11 is 1.36. The molecule has 7 nitrogen and oxygen atoms in total. The number of hydrogen-bond donors (Lipinski definition) is 3. The van der Waals surface area contributed by atoms with Crippen LogP contribution in [0.15, 0.2) is 18.2 Å². The van der Waals surface area contributed by atoms with Gasteiger partial charge in [-0.15, -0.1) is 11.8 Å². The Bertz CT molecular complexity index is 507. The normalized spacial score (nSPS) is 22.9. The van der Waals surface area contributed by atoms with Gasteiger partial charge in [0.05, 0.1) is 10.3 Å². The summed E-state index contributed by atoms with van der Waals surface area (Å²) in [5.41, 5.74) is 0.196. The van der Waals surface area contributed by atoms with E-state index < -0.39 is 22.7 Å². The number of thioether (sulfide) groups is 1. The third-order valence-corrected chi connectivity index (χ3v) is 3.85. The predicted molar refractivity (Wildman–Crippen MR) is 64.5 cm³/mol. The van der Waals surface area contributed by atoms with E-state index in [9.17, 15) is 20.0 Å². The molecule has 2 unspecified atom stereocenters. The summed E-state index contributed by atoms with van der Waals surface area (Å²) in [6, 6.07) is 3.37. The van der Waals surface area contributed by atoms with E-state index in [1.807, 2.05) is 0 Å². The number of nitrogens with one attached hydrogen (secondary N) is 1. The van der Waals surface area contributed by atoms with E-state index in [0.717, 1.165) is 0 Å². The zero-order valence-corrected chi connectivity index (χ0v) is 9.88. The molecule has 1 saturated heterocycles. The number of rotatable bonds is 3. The third-order valence-electron chi connectivity index (χ3n) is 2.58. The van der Waals surface area contributed by atoms with Gasteiger partial charge in [-0.05, 0) is 11.6 Å². The maximum atomic E-state index is 10.8. The highest BCUT2D eigenvalue weighted by Crippen LogP contribution is 2.36. The molecule has 3 N–H and O–H groups in total. The number of carboxylic acids is 1. The molecule has 2 atom stereocenters. The maximum Gasteiger partial charge on any atom is 0.321 e. The van der Waals surface area contributed by atoms with Crippen molar-refractivity contribution in [2.24, 2.45) is 0 Å². The number of aliphatic carboxylic acids is 1. The third kappa shape index (κ3) is 2.39. The number of carbonyl (C=O) groups is 1. The average molecular weight is 270 g/mol.